The lowest BCUT2D eigenvalue weighted by atomic mass is 9.95. The maximum Gasteiger partial charge on any atom is 0.416 e. The molecule has 0 aliphatic carbocycles. The first-order valence-corrected chi connectivity index (χ1v) is 10.1. The van der Waals surface area contributed by atoms with Crippen molar-refractivity contribution in [3.63, 3.8) is 0 Å². The number of anilines is 1. The van der Waals surface area contributed by atoms with E-state index in [-0.39, 0.29) is 23.3 Å². The molecule has 1 heterocycles. The molecule has 2 aromatic rings. The number of hydrogen-bond acceptors (Lipinski definition) is 4. The van der Waals surface area contributed by atoms with Crippen LogP contribution in [0.4, 0.5) is 18.9 Å². The zero-order valence-corrected chi connectivity index (χ0v) is 17.7. The quantitative estimate of drug-likeness (QED) is 0.708. The van der Waals surface area contributed by atoms with Crippen molar-refractivity contribution in [3.05, 3.63) is 64.7 Å². The summed E-state index contributed by atoms with van der Waals surface area (Å²) in [5.74, 6) is -1.40. The summed E-state index contributed by atoms with van der Waals surface area (Å²) >= 11 is 0. The molecule has 0 atom stereocenters. The van der Waals surface area contributed by atoms with Gasteiger partial charge in [0.15, 0.2) is 0 Å². The summed E-state index contributed by atoms with van der Waals surface area (Å²) < 4.78 is 42.8. The minimum Gasteiger partial charge on any atom is -0.465 e. The fraction of sp³-hybridized carbons (Fsp3) is 0.348. The number of carbonyl (C=O) groups excluding carboxylic acids is 3. The maximum atomic E-state index is 12.7. The number of halogens is 3. The van der Waals surface area contributed by atoms with Crippen LogP contribution in [0, 0.1) is 12.8 Å². The third-order valence-electron chi connectivity index (χ3n) is 5.53. The van der Waals surface area contributed by atoms with E-state index in [0.29, 0.717) is 37.2 Å². The molecular weight excluding hydrogens is 425 g/mol. The number of piperidine rings is 1. The van der Waals surface area contributed by atoms with Crippen LogP contribution in [0.5, 0.6) is 0 Å². The van der Waals surface area contributed by atoms with Crippen molar-refractivity contribution in [1.82, 2.24) is 4.90 Å². The molecule has 32 heavy (non-hydrogen) atoms. The van der Waals surface area contributed by atoms with E-state index < -0.39 is 17.7 Å². The zero-order valence-electron chi connectivity index (χ0n) is 17.7. The number of carbonyl (C=O) groups is 3. The molecule has 0 aromatic heterocycles. The van der Waals surface area contributed by atoms with Gasteiger partial charge in [0.05, 0.1) is 18.2 Å². The number of esters is 1. The molecule has 1 N–H and O–H groups in total. The van der Waals surface area contributed by atoms with Gasteiger partial charge in [-0.2, -0.15) is 13.2 Å². The van der Waals surface area contributed by atoms with Gasteiger partial charge in [0.25, 0.3) is 5.91 Å². The van der Waals surface area contributed by atoms with E-state index in [1.165, 1.54) is 24.1 Å². The largest absolute Gasteiger partial charge is 0.465 e. The van der Waals surface area contributed by atoms with E-state index in [2.05, 4.69) is 5.32 Å². The average Bonchev–Trinajstić information content (AvgIpc) is 2.79. The molecule has 3 rings (SSSR count). The Balaban J connectivity index is 1.59. The van der Waals surface area contributed by atoms with Gasteiger partial charge in [-0.05, 0) is 61.7 Å². The number of benzene rings is 2. The summed E-state index contributed by atoms with van der Waals surface area (Å²) in [6.45, 7) is 2.44. The number of ether oxygens (including phenoxy) is 1. The second-order valence-corrected chi connectivity index (χ2v) is 7.65. The number of likely N-dealkylation sites (tertiary alicyclic amines) is 1. The number of aryl methyl sites for hydroxylation is 1. The van der Waals surface area contributed by atoms with Crippen LogP contribution >= 0.6 is 0 Å². The Hall–Kier alpha value is -3.36. The topological polar surface area (TPSA) is 75.7 Å². The molecule has 0 saturated carbocycles. The third-order valence-corrected chi connectivity index (χ3v) is 5.53. The minimum atomic E-state index is -4.46. The summed E-state index contributed by atoms with van der Waals surface area (Å²) in [6, 6.07) is 9.00. The molecule has 1 saturated heterocycles. The Kier molecular flexibility index (Phi) is 6.86. The maximum absolute atomic E-state index is 12.7. The first kappa shape index (κ1) is 23.3. The van der Waals surface area contributed by atoms with Gasteiger partial charge < -0.3 is 15.0 Å². The van der Waals surface area contributed by atoms with Crippen LogP contribution in [0.1, 0.15) is 44.7 Å². The molecule has 2 aromatic carbocycles. The predicted molar refractivity (Wildman–Crippen MR) is 111 cm³/mol. The van der Waals surface area contributed by atoms with E-state index >= 15 is 0 Å². The summed E-state index contributed by atoms with van der Waals surface area (Å²) in [4.78, 5) is 38.6. The predicted octanol–water partition coefficient (Wildman–Crippen LogP) is 4.29. The van der Waals surface area contributed by atoms with Crippen molar-refractivity contribution in [2.75, 3.05) is 25.5 Å². The van der Waals surface area contributed by atoms with Gasteiger partial charge in [-0.25, -0.2) is 4.79 Å². The lowest BCUT2D eigenvalue weighted by molar-refractivity contribution is -0.137. The number of methoxy groups -OCH3 is 1. The molecule has 6 nitrogen and oxygen atoms in total. The van der Waals surface area contributed by atoms with Gasteiger partial charge in [-0.1, -0.05) is 6.07 Å². The zero-order chi connectivity index (χ0) is 23.5. The van der Waals surface area contributed by atoms with Crippen LogP contribution in [0.2, 0.25) is 0 Å². The third kappa shape index (κ3) is 5.27. The minimum absolute atomic E-state index is 0.177. The average molecular weight is 448 g/mol. The normalized spacial score (nSPS) is 14.7. The van der Waals surface area contributed by atoms with Crippen LogP contribution < -0.4 is 5.32 Å². The van der Waals surface area contributed by atoms with E-state index in [4.69, 9.17) is 4.74 Å². The molecule has 2 amide bonds. The van der Waals surface area contributed by atoms with Crippen LogP contribution in [0.25, 0.3) is 0 Å². The Bertz CT molecular complexity index is 1010. The Morgan fingerprint density at radius 3 is 2.16 bits per heavy atom. The van der Waals surface area contributed by atoms with Gasteiger partial charge in [-0.3, -0.25) is 9.59 Å². The van der Waals surface area contributed by atoms with E-state index in [1.807, 2.05) is 6.92 Å². The smallest absolute Gasteiger partial charge is 0.416 e. The lowest BCUT2D eigenvalue weighted by Gasteiger charge is -2.31. The Labute approximate surface area is 183 Å². The first-order chi connectivity index (χ1) is 15.1. The number of nitrogens with one attached hydrogen (secondary N) is 1. The van der Waals surface area contributed by atoms with Crippen LogP contribution in [0.3, 0.4) is 0 Å². The highest BCUT2D eigenvalue weighted by Gasteiger charge is 2.31. The van der Waals surface area contributed by atoms with Crippen LogP contribution in [0.15, 0.2) is 42.5 Å². The lowest BCUT2D eigenvalue weighted by Crippen LogP contribution is -2.41. The summed E-state index contributed by atoms with van der Waals surface area (Å²) in [5, 5.41) is 2.84. The molecule has 0 radical (unpaired) electrons. The summed E-state index contributed by atoms with van der Waals surface area (Å²) in [6.07, 6.45) is -3.61. The highest BCUT2D eigenvalue weighted by Crippen LogP contribution is 2.29. The summed E-state index contributed by atoms with van der Waals surface area (Å²) in [5.41, 5.74) is 1.000. The highest BCUT2D eigenvalue weighted by atomic mass is 19.4. The fourth-order valence-corrected chi connectivity index (χ4v) is 3.57. The first-order valence-electron chi connectivity index (χ1n) is 10.1. The molecule has 0 spiro atoms. The van der Waals surface area contributed by atoms with Crippen molar-refractivity contribution in [1.29, 1.82) is 0 Å². The molecule has 9 heteroatoms. The number of amides is 2. The number of rotatable bonds is 4. The van der Waals surface area contributed by atoms with E-state index in [1.54, 1.807) is 18.2 Å². The highest BCUT2D eigenvalue weighted by molar-refractivity contribution is 5.97. The van der Waals surface area contributed by atoms with Gasteiger partial charge in [0.2, 0.25) is 5.91 Å². The van der Waals surface area contributed by atoms with E-state index in [9.17, 15) is 27.6 Å². The van der Waals surface area contributed by atoms with Crippen molar-refractivity contribution in [2.24, 2.45) is 5.92 Å². The Morgan fingerprint density at radius 2 is 1.59 bits per heavy atom. The molecule has 0 unspecified atom stereocenters. The molecule has 1 aliphatic heterocycles. The van der Waals surface area contributed by atoms with E-state index in [0.717, 1.165) is 17.7 Å². The monoisotopic (exact) mass is 448 g/mol. The second-order valence-electron chi connectivity index (χ2n) is 7.65. The van der Waals surface area contributed by atoms with Crippen LogP contribution in [-0.2, 0) is 15.7 Å². The Morgan fingerprint density at radius 1 is 1.00 bits per heavy atom. The summed E-state index contributed by atoms with van der Waals surface area (Å²) in [7, 11) is 1.28. The SMILES string of the molecule is COC(=O)c1ccc(C)c(NC(=O)C2CCN(C(=O)c3ccc(C(F)(F)F)cc3)CC2)c1. The van der Waals surface area contributed by atoms with Gasteiger partial charge in [-0.15, -0.1) is 0 Å². The molecule has 1 aliphatic rings. The van der Waals surface area contributed by atoms with Crippen molar-refractivity contribution < 1.29 is 32.3 Å². The molecular formula is C23H23F3N2O4. The van der Waals surface area contributed by atoms with Crippen LogP contribution in [-0.4, -0.2) is 42.9 Å². The molecule has 170 valence electrons. The standard InChI is InChI=1S/C23H23F3N2O4/c1-14-3-4-17(22(31)32-2)13-19(14)27-20(29)15-9-11-28(12-10-15)21(30)16-5-7-18(8-6-16)23(24,25)26/h3-8,13,15H,9-12H2,1-2H3,(H,27,29). The van der Waals surface area contributed by atoms with Gasteiger partial charge in [0.1, 0.15) is 0 Å². The number of hydrogen-bond donors (Lipinski definition) is 1. The fourth-order valence-electron chi connectivity index (χ4n) is 3.57. The molecule has 1 fully saturated rings. The van der Waals surface area contributed by atoms with Crippen molar-refractivity contribution >= 4 is 23.5 Å². The van der Waals surface area contributed by atoms with Gasteiger partial charge in [0, 0.05) is 30.3 Å². The van der Waals surface area contributed by atoms with Crippen molar-refractivity contribution in [3.8, 4) is 0 Å². The van der Waals surface area contributed by atoms with Crippen molar-refractivity contribution in [2.45, 2.75) is 25.9 Å². The number of alkyl halides is 3. The molecule has 0 bridgehead atoms. The van der Waals surface area contributed by atoms with Gasteiger partial charge >= 0.3 is 12.1 Å². The number of nitrogens with zero attached hydrogens (tertiary/aromatic N) is 1. The second kappa shape index (κ2) is 9.42.